The summed E-state index contributed by atoms with van der Waals surface area (Å²) < 4.78 is 5.41. The van der Waals surface area contributed by atoms with E-state index in [0.29, 0.717) is 5.41 Å². The van der Waals surface area contributed by atoms with Gasteiger partial charge in [0.25, 0.3) is 0 Å². The second-order valence-corrected chi connectivity index (χ2v) is 8.48. The minimum Gasteiger partial charge on any atom is -0.378 e. The topological polar surface area (TPSA) is 37.2 Å². The molecule has 4 nitrogen and oxygen atoms in total. The van der Waals surface area contributed by atoms with Gasteiger partial charge < -0.3 is 9.64 Å². The maximum absolute atomic E-state index is 5.41. The maximum Gasteiger partial charge on any atom is 0.0642 e. The van der Waals surface area contributed by atoms with Crippen molar-refractivity contribution < 1.29 is 4.74 Å². The molecule has 0 amide bonds. The average molecular weight is 339 g/mol. The van der Waals surface area contributed by atoms with E-state index in [1.807, 2.05) is 6.21 Å². The Morgan fingerprint density at radius 2 is 1.84 bits per heavy atom. The van der Waals surface area contributed by atoms with E-state index in [1.54, 1.807) is 0 Å². The van der Waals surface area contributed by atoms with E-state index in [2.05, 4.69) is 60.1 Å². The summed E-state index contributed by atoms with van der Waals surface area (Å²) >= 11 is 0. The predicted octanol–water partition coefficient (Wildman–Crippen LogP) is 4.14. The molecule has 1 aliphatic heterocycles. The van der Waals surface area contributed by atoms with Gasteiger partial charge in [0, 0.05) is 29.9 Å². The van der Waals surface area contributed by atoms with Crippen molar-refractivity contribution in [3.8, 4) is 0 Å². The number of nitrogens with zero attached hydrogens (tertiary/aromatic N) is 3. The fraction of sp³-hybridized carbons (Fsp3) is 0.619. The quantitative estimate of drug-likeness (QED) is 0.613. The molecular formula is C21H29N3O. The van der Waals surface area contributed by atoms with E-state index in [1.165, 1.54) is 24.2 Å². The first-order valence-corrected chi connectivity index (χ1v) is 9.54. The molecule has 25 heavy (non-hydrogen) atoms. The van der Waals surface area contributed by atoms with Crippen LogP contribution in [0.25, 0.3) is 0 Å². The van der Waals surface area contributed by atoms with Gasteiger partial charge in [0.2, 0.25) is 0 Å². The predicted molar refractivity (Wildman–Crippen MR) is 104 cm³/mol. The van der Waals surface area contributed by atoms with Crippen LogP contribution in [0.2, 0.25) is 0 Å². The van der Waals surface area contributed by atoms with Crippen LogP contribution in [0, 0.1) is 16.7 Å². The van der Waals surface area contributed by atoms with Crippen molar-refractivity contribution in [2.75, 3.05) is 31.2 Å². The van der Waals surface area contributed by atoms with Gasteiger partial charge in [-0.3, -0.25) is 0 Å². The van der Waals surface area contributed by atoms with Crippen LogP contribution in [0.3, 0.4) is 0 Å². The molecule has 3 aliphatic rings. The van der Waals surface area contributed by atoms with Gasteiger partial charge in [0.1, 0.15) is 0 Å². The standard InChI is InChI=1S/C21H29N3O/c1-20(2)17-8-9-21(20,3)19(14-17)23-22-15-16-4-6-18(7-5-16)24-10-12-25-13-11-24/h4-7,15,17H,8-14H2,1-3H3/b22-15-,23-19+/t17-,21-/m0/s1. The highest BCUT2D eigenvalue weighted by Gasteiger charge is 2.59. The van der Waals surface area contributed by atoms with Crippen molar-refractivity contribution in [1.29, 1.82) is 0 Å². The van der Waals surface area contributed by atoms with Crippen LogP contribution in [0.1, 0.15) is 45.6 Å². The highest BCUT2D eigenvalue weighted by molar-refractivity contribution is 5.94. The summed E-state index contributed by atoms with van der Waals surface area (Å²) in [6, 6.07) is 8.59. The first kappa shape index (κ1) is 16.8. The molecule has 4 rings (SSSR count). The molecule has 2 aliphatic carbocycles. The third kappa shape index (κ3) is 2.80. The Labute approximate surface area is 151 Å². The van der Waals surface area contributed by atoms with Gasteiger partial charge in [-0.2, -0.15) is 10.2 Å². The lowest BCUT2D eigenvalue weighted by atomic mass is 9.70. The molecule has 4 heteroatoms. The van der Waals surface area contributed by atoms with E-state index in [-0.39, 0.29) is 5.41 Å². The minimum atomic E-state index is 0.231. The van der Waals surface area contributed by atoms with Gasteiger partial charge in [0.15, 0.2) is 0 Å². The Balaban J connectivity index is 1.44. The van der Waals surface area contributed by atoms with Crippen molar-refractivity contribution in [3.63, 3.8) is 0 Å². The smallest absolute Gasteiger partial charge is 0.0642 e. The van der Waals surface area contributed by atoms with Crippen molar-refractivity contribution >= 4 is 17.6 Å². The monoisotopic (exact) mass is 339 g/mol. The Hall–Kier alpha value is -1.68. The molecule has 0 unspecified atom stereocenters. The molecule has 1 heterocycles. The van der Waals surface area contributed by atoms with Gasteiger partial charge in [0.05, 0.1) is 19.4 Å². The normalized spacial score (nSPS) is 32.8. The highest BCUT2D eigenvalue weighted by atomic mass is 16.5. The zero-order valence-corrected chi connectivity index (χ0v) is 15.7. The Morgan fingerprint density at radius 1 is 1.12 bits per heavy atom. The second-order valence-electron chi connectivity index (χ2n) is 8.48. The molecule has 0 spiro atoms. The Kier molecular flexibility index (Phi) is 4.19. The molecule has 0 aromatic heterocycles. The summed E-state index contributed by atoms with van der Waals surface area (Å²) in [4.78, 5) is 2.36. The number of benzene rings is 1. The van der Waals surface area contributed by atoms with Crippen molar-refractivity contribution in [3.05, 3.63) is 29.8 Å². The number of rotatable bonds is 3. The summed E-state index contributed by atoms with van der Waals surface area (Å²) in [6.45, 7) is 10.8. The number of morpholine rings is 1. The summed E-state index contributed by atoms with van der Waals surface area (Å²) in [7, 11) is 0. The summed E-state index contributed by atoms with van der Waals surface area (Å²) in [5.74, 6) is 0.777. The number of ether oxygens (including phenoxy) is 1. The molecule has 1 aromatic rings. The molecule has 0 N–H and O–H groups in total. The van der Waals surface area contributed by atoms with Crippen molar-refractivity contribution in [2.24, 2.45) is 27.0 Å². The van der Waals surface area contributed by atoms with Gasteiger partial charge in [-0.05, 0) is 48.3 Å². The fourth-order valence-electron chi connectivity index (χ4n) is 4.84. The van der Waals surface area contributed by atoms with Gasteiger partial charge in [-0.25, -0.2) is 0 Å². The average Bonchev–Trinajstić information content (AvgIpc) is 2.96. The lowest BCUT2D eigenvalue weighted by Gasteiger charge is -2.34. The highest BCUT2D eigenvalue weighted by Crippen LogP contribution is 2.63. The van der Waals surface area contributed by atoms with E-state index in [4.69, 9.17) is 4.74 Å². The second kappa shape index (κ2) is 6.24. The largest absolute Gasteiger partial charge is 0.378 e. The molecule has 2 atom stereocenters. The molecule has 1 saturated heterocycles. The summed E-state index contributed by atoms with van der Waals surface area (Å²) in [5, 5.41) is 9.06. The zero-order valence-electron chi connectivity index (χ0n) is 15.7. The number of fused-ring (bicyclic) bond motifs is 2. The third-order valence-corrected chi connectivity index (χ3v) is 7.17. The van der Waals surface area contributed by atoms with Crippen LogP contribution < -0.4 is 4.90 Å². The van der Waals surface area contributed by atoms with Crippen LogP contribution >= 0.6 is 0 Å². The first-order chi connectivity index (χ1) is 12.0. The fourth-order valence-corrected chi connectivity index (χ4v) is 4.84. The minimum absolute atomic E-state index is 0.231. The van der Waals surface area contributed by atoms with Crippen LogP contribution in [0.5, 0.6) is 0 Å². The number of hydrogen-bond acceptors (Lipinski definition) is 4. The maximum atomic E-state index is 5.41. The molecule has 2 saturated carbocycles. The van der Waals surface area contributed by atoms with Gasteiger partial charge in [-0.15, -0.1) is 0 Å². The molecule has 134 valence electrons. The van der Waals surface area contributed by atoms with Crippen LogP contribution in [0.15, 0.2) is 34.5 Å². The summed E-state index contributed by atoms with van der Waals surface area (Å²) in [5.41, 5.74) is 4.26. The Bertz CT molecular complexity index is 686. The van der Waals surface area contributed by atoms with Gasteiger partial charge in [-0.1, -0.05) is 32.9 Å². The van der Waals surface area contributed by atoms with Crippen molar-refractivity contribution in [2.45, 2.75) is 40.0 Å². The van der Waals surface area contributed by atoms with Gasteiger partial charge >= 0.3 is 0 Å². The Morgan fingerprint density at radius 3 is 2.44 bits per heavy atom. The van der Waals surface area contributed by atoms with Crippen molar-refractivity contribution in [1.82, 2.24) is 0 Å². The summed E-state index contributed by atoms with van der Waals surface area (Å²) in [6.07, 6.45) is 5.61. The van der Waals surface area contributed by atoms with Crippen LogP contribution in [-0.4, -0.2) is 38.2 Å². The van der Waals surface area contributed by atoms with Crippen LogP contribution in [0.4, 0.5) is 5.69 Å². The van der Waals surface area contributed by atoms with E-state index in [0.717, 1.165) is 44.2 Å². The molecular weight excluding hydrogens is 310 g/mol. The lowest BCUT2D eigenvalue weighted by Crippen LogP contribution is -2.36. The first-order valence-electron chi connectivity index (χ1n) is 9.54. The molecule has 1 aromatic carbocycles. The van der Waals surface area contributed by atoms with E-state index < -0.39 is 0 Å². The molecule has 3 fully saturated rings. The van der Waals surface area contributed by atoms with E-state index in [9.17, 15) is 0 Å². The van der Waals surface area contributed by atoms with E-state index >= 15 is 0 Å². The lowest BCUT2D eigenvalue weighted by molar-refractivity contribution is 0.122. The number of hydrogen-bond donors (Lipinski definition) is 0. The molecule has 0 radical (unpaired) electrons. The third-order valence-electron chi connectivity index (χ3n) is 7.17. The van der Waals surface area contributed by atoms with Crippen LogP contribution in [-0.2, 0) is 4.74 Å². The number of anilines is 1. The SMILES string of the molecule is CC1(C)[C@H]2CC[C@@]1(C)/C(=N/N=C\c1ccc(N3CCOCC3)cc1)C2. The molecule has 2 bridgehead atoms. The zero-order chi connectivity index (χ0) is 17.5.